The number of hydrogen-bond donors (Lipinski definition) is 4. The number of thioether (sulfide) groups is 1. The number of aromatic nitrogens is 1. The predicted molar refractivity (Wildman–Crippen MR) is 148 cm³/mol. The number of nitrogens with two attached hydrogens (primary N) is 1. The number of allylic oxidation sites excluding steroid dienone is 1. The molecule has 0 saturated carbocycles. The number of amides is 2. The van der Waals surface area contributed by atoms with Gasteiger partial charge in [-0.05, 0) is 37.1 Å². The van der Waals surface area contributed by atoms with Crippen LogP contribution in [0.15, 0.2) is 52.1 Å². The number of aliphatic carboxylic acids is 2. The maximum atomic E-state index is 13.2. The number of β-lactam (4-membered cyclic amide) rings is 1. The number of thiazole rings is 1. The number of rotatable bonds is 10. The molecule has 2 amide bonds. The summed E-state index contributed by atoms with van der Waals surface area (Å²) in [5.74, 6) is -4.08. The molecule has 4 rings (SSSR count). The van der Waals surface area contributed by atoms with Crippen molar-refractivity contribution >= 4 is 69.5 Å². The van der Waals surface area contributed by atoms with Crippen molar-refractivity contribution in [2.45, 2.75) is 30.9 Å². The number of nitrogens with one attached hydrogen (secondary N) is 1. The number of non-ortho nitro benzene ring substituents is 1. The molecule has 0 radical (unpaired) electrons. The second-order valence-corrected chi connectivity index (χ2v) is 11.1. The van der Waals surface area contributed by atoms with Crippen LogP contribution in [0.1, 0.15) is 25.1 Å². The lowest BCUT2D eigenvalue weighted by Crippen LogP contribution is -2.71. The van der Waals surface area contributed by atoms with Crippen molar-refractivity contribution in [2.75, 3.05) is 11.5 Å². The number of carboxylic acid groups (broad SMARTS) is 2. The number of hydrogen-bond acceptors (Lipinski definition) is 12. The molecular weight excluding hydrogens is 580 g/mol. The zero-order chi connectivity index (χ0) is 30.1. The van der Waals surface area contributed by atoms with Gasteiger partial charge in [-0.2, -0.15) is 0 Å². The minimum atomic E-state index is -1.78. The molecule has 5 N–H and O–H groups in total. The van der Waals surface area contributed by atoms with Crippen molar-refractivity contribution in [2.24, 2.45) is 5.16 Å². The van der Waals surface area contributed by atoms with Gasteiger partial charge in [-0.25, -0.2) is 14.6 Å². The highest BCUT2D eigenvalue weighted by Gasteiger charge is 2.54. The lowest BCUT2D eigenvalue weighted by atomic mass is 10.0. The molecule has 2 aliphatic heterocycles. The highest BCUT2D eigenvalue weighted by Crippen LogP contribution is 2.41. The smallest absolute Gasteiger partial charge is 0.352 e. The third-order valence-corrected chi connectivity index (χ3v) is 7.90. The standard InChI is InChI=1S/C24H22N6O9S2/c1-24(2,22(35)36)39-28-15(14-10-41-23(25)26-14)18(31)27-16-19(32)29-17(21(33)34)12(9-40-20(16)29)6-3-11-4-7-13(8-5-11)30(37)38/h3-8,10,16,20H,9H2,1-2H3,(H2,25,26)(H,27,31)(H,33,34)(H,35,36)/t16?,20-/m1/s1. The van der Waals surface area contributed by atoms with Gasteiger partial charge >= 0.3 is 11.9 Å². The molecule has 3 heterocycles. The van der Waals surface area contributed by atoms with Crippen LogP contribution in [0.4, 0.5) is 10.8 Å². The van der Waals surface area contributed by atoms with Crippen molar-refractivity contribution in [1.82, 2.24) is 15.2 Å². The monoisotopic (exact) mass is 602 g/mol. The lowest BCUT2D eigenvalue weighted by Gasteiger charge is -2.49. The second kappa shape index (κ2) is 11.4. The highest BCUT2D eigenvalue weighted by molar-refractivity contribution is 8.00. The van der Waals surface area contributed by atoms with Crippen LogP contribution in [-0.2, 0) is 24.0 Å². The summed E-state index contributed by atoms with van der Waals surface area (Å²) in [7, 11) is 0. The number of anilines is 1. The first-order valence-corrected chi connectivity index (χ1v) is 13.6. The average molecular weight is 603 g/mol. The zero-order valence-corrected chi connectivity index (χ0v) is 23.0. The van der Waals surface area contributed by atoms with Crippen molar-refractivity contribution in [3.8, 4) is 0 Å². The molecule has 2 atom stereocenters. The van der Waals surface area contributed by atoms with E-state index >= 15 is 0 Å². The number of nitrogen functional groups attached to an aromatic ring is 1. The first-order chi connectivity index (χ1) is 19.3. The lowest BCUT2D eigenvalue weighted by molar-refractivity contribution is -0.384. The summed E-state index contributed by atoms with van der Waals surface area (Å²) in [6, 6.07) is 4.52. The zero-order valence-electron chi connectivity index (χ0n) is 21.3. The summed E-state index contributed by atoms with van der Waals surface area (Å²) >= 11 is 2.22. The first-order valence-electron chi connectivity index (χ1n) is 11.7. The molecule has 0 aliphatic carbocycles. The number of nitrogens with zero attached hydrogens (tertiary/aromatic N) is 4. The fourth-order valence-electron chi connectivity index (χ4n) is 3.68. The van der Waals surface area contributed by atoms with E-state index in [1.165, 1.54) is 61.3 Å². The molecule has 0 spiro atoms. The van der Waals surface area contributed by atoms with Crippen LogP contribution >= 0.6 is 23.1 Å². The number of benzene rings is 1. The minimum Gasteiger partial charge on any atom is -0.478 e. The molecule has 1 aromatic heterocycles. The van der Waals surface area contributed by atoms with Gasteiger partial charge < -0.3 is 26.1 Å². The minimum absolute atomic E-state index is 0.00379. The molecule has 1 fully saturated rings. The second-order valence-electron chi connectivity index (χ2n) is 9.14. The van der Waals surface area contributed by atoms with Crippen LogP contribution in [0.3, 0.4) is 0 Å². The number of carbonyl (C=O) groups is 4. The van der Waals surface area contributed by atoms with Gasteiger partial charge in [0.1, 0.15) is 22.8 Å². The molecule has 17 heteroatoms. The van der Waals surface area contributed by atoms with Gasteiger partial charge in [0.15, 0.2) is 10.8 Å². The van der Waals surface area contributed by atoms with Gasteiger partial charge in [-0.1, -0.05) is 17.3 Å². The average Bonchev–Trinajstić information content (AvgIpc) is 3.35. The molecule has 1 unspecified atom stereocenters. The topological polar surface area (TPSA) is 228 Å². The van der Waals surface area contributed by atoms with E-state index in [4.69, 9.17) is 10.6 Å². The highest BCUT2D eigenvalue weighted by atomic mass is 32.2. The molecule has 214 valence electrons. The van der Waals surface area contributed by atoms with E-state index < -0.39 is 51.4 Å². The summed E-state index contributed by atoms with van der Waals surface area (Å²) in [6.45, 7) is 2.45. The van der Waals surface area contributed by atoms with Crippen LogP contribution < -0.4 is 11.1 Å². The van der Waals surface area contributed by atoms with Crippen LogP contribution in [0.5, 0.6) is 0 Å². The molecule has 1 saturated heterocycles. The Bertz CT molecular complexity index is 1530. The normalized spacial score (nSPS) is 19.0. The van der Waals surface area contributed by atoms with E-state index in [9.17, 15) is 39.5 Å². The first kappa shape index (κ1) is 29.2. The Morgan fingerprint density at radius 1 is 1.27 bits per heavy atom. The Morgan fingerprint density at radius 2 is 1.95 bits per heavy atom. The van der Waals surface area contributed by atoms with E-state index in [2.05, 4.69) is 15.5 Å². The predicted octanol–water partition coefficient (Wildman–Crippen LogP) is 1.67. The summed E-state index contributed by atoms with van der Waals surface area (Å²) in [4.78, 5) is 70.2. The van der Waals surface area contributed by atoms with Crippen molar-refractivity contribution < 1.29 is 39.2 Å². The molecule has 41 heavy (non-hydrogen) atoms. The van der Waals surface area contributed by atoms with Gasteiger partial charge in [0.05, 0.1) is 4.92 Å². The van der Waals surface area contributed by atoms with Gasteiger partial charge in [0.25, 0.3) is 17.5 Å². The summed E-state index contributed by atoms with van der Waals surface area (Å²) in [6.07, 6.45) is 3.10. The van der Waals surface area contributed by atoms with E-state index in [1.807, 2.05) is 0 Å². The van der Waals surface area contributed by atoms with E-state index in [1.54, 1.807) is 6.08 Å². The Morgan fingerprint density at radius 3 is 2.51 bits per heavy atom. The summed E-state index contributed by atoms with van der Waals surface area (Å²) in [5.41, 5.74) is 4.03. The number of nitro groups is 1. The fourth-order valence-corrected chi connectivity index (χ4v) is 5.55. The Labute approximate surface area is 239 Å². The molecular formula is C24H22N6O9S2. The van der Waals surface area contributed by atoms with Crippen molar-refractivity contribution in [3.05, 3.63) is 68.4 Å². The molecule has 2 aromatic rings. The van der Waals surface area contributed by atoms with E-state index in [0.29, 0.717) is 11.1 Å². The third kappa shape index (κ3) is 6.04. The number of carbonyl (C=O) groups excluding carboxylic acids is 2. The van der Waals surface area contributed by atoms with Gasteiger partial charge in [0.2, 0.25) is 5.60 Å². The SMILES string of the molecule is CC(C)(ON=C(C(=O)NC1C(=O)N2C(C(=O)O)=C(C=Cc3ccc([N+](=O)[O-])cc3)CS[C@H]12)c1csc(N)n1)C(=O)O. The van der Waals surface area contributed by atoms with E-state index in [-0.39, 0.29) is 28.0 Å². The van der Waals surface area contributed by atoms with Gasteiger partial charge in [0, 0.05) is 23.3 Å². The van der Waals surface area contributed by atoms with E-state index in [0.717, 1.165) is 16.2 Å². The number of fused-ring (bicyclic) bond motifs is 1. The van der Waals surface area contributed by atoms with Crippen molar-refractivity contribution in [3.63, 3.8) is 0 Å². The number of oxime groups is 1. The summed E-state index contributed by atoms with van der Waals surface area (Å²) in [5, 5.41) is 37.0. The number of carboxylic acids is 2. The molecule has 0 bridgehead atoms. The molecule has 1 aromatic carbocycles. The Kier molecular flexibility index (Phi) is 8.11. The van der Waals surface area contributed by atoms with Crippen LogP contribution in [-0.4, -0.2) is 77.3 Å². The van der Waals surface area contributed by atoms with Crippen molar-refractivity contribution in [1.29, 1.82) is 0 Å². The molecule has 2 aliphatic rings. The Balaban J connectivity index is 1.54. The van der Waals surface area contributed by atoms with Gasteiger partial charge in [-0.15, -0.1) is 23.1 Å². The largest absolute Gasteiger partial charge is 0.478 e. The Hall–Kier alpha value is -4.77. The quantitative estimate of drug-likeness (QED) is 0.132. The maximum Gasteiger partial charge on any atom is 0.352 e. The maximum absolute atomic E-state index is 13.2. The molecule has 15 nitrogen and oxygen atoms in total. The van der Waals surface area contributed by atoms with Crippen LogP contribution in [0.25, 0.3) is 6.08 Å². The number of nitro benzene ring substituents is 1. The van der Waals surface area contributed by atoms with Crippen LogP contribution in [0, 0.1) is 10.1 Å². The van der Waals surface area contributed by atoms with Gasteiger partial charge in [-0.3, -0.25) is 24.6 Å². The summed E-state index contributed by atoms with van der Waals surface area (Å²) < 4.78 is 0. The third-order valence-electron chi connectivity index (χ3n) is 5.93. The van der Waals surface area contributed by atoms with Crippen LogP contribution in [0.2, 0.25) is 0 Å². The fraction of sp³-hybridized carbons (Fsp3) is 0.250.